The number of ether oxygens (including phenoxy) is 2. The van der Waals surface area contributed by atoms with Crippen molar-refractivity contribution in [3.8, 4) is 17.2 Å². The average molecular weight is 619 g/mol. The second kappa shape index (κ2) is 13.3. The van der Waals surface area contributed by atoms with E-state index in [-0.39, 0.29) is 73.0 Å². The number of aliphatic hydroxyl groups is 1. The molecule has 1 saturated heterocycles. The number of aromatic nitrogens is 2. The zero-order chi connectivity index (χ0) is 31.4. The Labute approximate surface area is 258 Å². The van der Waals surface area contributed by atoms with Gasteiger partial charge >= 0.3 is 0 Å². The van der Waals surface area contributed by atoms with Crippen LogP contribution in [0.2, 0.25) is 5.02 Å². The standard InChI is InChI=1S/C32H31ClN4O7/c1-20(2)44-28-12-7-21(27(39)18-38)17-26(28)37-30(34-25-6-4-3-5-24(25)31(37)41)32(42)36-15-13-35(14-16-36)29(40)19-43-23-10-8-22(33)9-11-23/h3-12,17,20,38H,13-16,18-19H2,1-2H3. The van der Waals surface area contributed by atoms with Crippen molar-refractivity contribution < 1.29 is 29.0 Å². The van der Waals surface area contributed by atoms with Gasteiger partial charge in [0.2, 0.25) is 5.82 Å². The van der Waals surface area contributed by atoms with Gasteiger partial charge in [-0.15, -0.1) is 0 Å². The van der Waals surface area contributed by atoms with Gasteiger partial charge in [-0.1, -0.05) is 23.7 Å². The molecule has 0 unspecified atom stereocenters. The first-order valence-electron chi connectivity index (χ1n) is 14.1. The van der Waals surface area contributed by atoms with Crippen LogP contribution in [0.25, 0.3) is 16.6 Å². The van der Waals surface area contributed by atoms with Crippen LogP contribution in [0.3, 0.4) is 0 Å². The lowest BCUT2D eigenvalue weighted by molar-refractivity contribution is -0.134. The monoisotopic (exact) mass is 618 g/mol. The summed E-state index contributed by atoms with van der Waals surface area (Å²) in [5.41, 5.74) is 0.108. The highest BCUT2D eigenvalue weighted by Gasteiger charge is 2.30. The fraction of sp³-hybridized carbons (Fsp3) is 0.281. The van der Waals surface area contributed by atoms with E-state index in [2.05, 4.69) is 4.98 Å². The molecule has 0 bridgehead atoms. The number of nitrogens with zero attached hydrogens (tertiary/aromatic N) is 4. The van der Waals surface area contributed by atoms with E-state index in [1.54, 1.807) is 53.4 Å². The zero-order valence-corrected chi connectivity index (χ0v) is 25.0. The summed E-state index contributed by atoms with van der Waals surface area (Å²) in [5.74, 6) is -0.693. The van der Waals surface area contributed by atoms with Gasteiger partial charge in [0.15, 0.2) is 12.4 Å². The summed E-state index contributed by atoms with van der Waals surface area (Å²) in [6, 6.07) is 17.8. The highest BCUT2D eigenvalue weighted by Crippen LogP contribution is 2.27. The first kappa shape index (κ1) is 30.7. The van der Waals surface area contributed by atoms with E-state index in [0.29, 0.717) is 16.3 Å². The molecule has 4 aromatic rings. The summed E-state index contributed by atoms with van der Waals surface area (Å²) in [5, 5.41) is 10.3. The summed E-state index contributed by atoms with van der Waals surface area (Å²) < 4.78 is 12.7. The van der Waals surface area contributed by atoms with Crippen LogP contribution >= 0.6 is 11.6 Å². The van der Waals surface area contributed by atoms with E-state index in [1.165, 1.54) is 23.1 Å². The van der Waals surface area contributed by atoms with Crippen molar-refractivity contribution >= 4 is 40.1 Å². The fourth-order valence-corrected chi connectivity index (χ4v) is 5.00. The molecule has 0 saturated carbocycles. The van der Waals surface area contributed by atoms with Crippen LogP contribution in [0, 0.1) is 0 Å². The van der Waals surface area contributed by atoms with Gasteiger partial charge in [-0.3, -0.25) is 23.7 Å². The van der Waals surface area contributed by atoms with Crippen molar-refractivity contribution in [1.82, 2.24) is 19.4 Å². The largest absolute Gasteiger partial charge is 0.489 e. The first-order chi connectivity index (χ1) is 21.2. The van der Waals surface area contributed by atoms with E-state index in [1.807, 2.05) is 13.8 Å². The molecule has 1 N–H and O–H groups in total. The number of piperazine rings is 1. The van der Waals surface area contributed by atoms with Crippen molar-refractivity contribution in [3.63, 3.8) is 0 Å². The van der Waals surface area contributed by atoms with Crippen molar-refractivity contribution in [2.75, 3.05) is 39.4 Å². The minimum absolute atomic E-state index is 0.144. The van der Waals surface area contributed by atoms with Gasteiger partial charge < -0.3 is 24.4 Å². The smallest absolute Gasteiger partial charge is 0.290 e. The maximum absolute atomic E-state index is 14.0. The number of benzene rings is 3. The third-order valence-electron chi connectivity index (χ3n) is 7.09. The first-order valence-corrected chi connectivity index (χ1v) is 14.5. The highest BCUT2D eigenvalue weighted by molar-refractivity contribution is 6.30. The van der Waals surface area contributed by atoms with Crippen LogP contribution in [0.15, 0.2) is 71.5 Å². The number of para-hydroxylation sites is 1. The minimum atomic E-state index is -0.728. The Morgan fingerprint density at radius 3 is 2.32 bits per heavy atom. The molecule has 0 radical (unpaired) electrons. The van der Waals surface area contributed by atoms with Crippen molar-refractivity contribution in [2.45, 2.75) is 20.0 Å². The fourth-order valence-electron chi connectivity index (χ4n) is 4.88. The number of amides is 2. The van der Waals surface area contributed by atoms with Crippen LogP contribution in [0.5, 0.6) is 11.5 Å². The molecule has 0 atom stereocenters. The van der Waals surface area contributed by atoms with Crippen molar-refractivity contribution in [3.05, 3.63) is 93.5 Å². The number of fused-ring (bicyclic) bond motifs is 1. The van der Waals surface area contributed by atoms with Crippen LogP contribution in [0.4, 0.5) is 0 Å². The van der Waals surface area contributed by atoms with Crippen LogP contribution in [-0.4, -0.2) is 87.6 Å². The lowest BCUT2D eigenvalue weighted by atomic mass is 10.1. The molecular weight excluding hydrogens is 588 g/mol. The van der Waals surface area contributed by atoms with Crippen LogP contribution in [-0.2, 0) is 4.79 Å². The van der Waals surface area contributed by atoms with Gasteiger partial charge in [-0.25, -0.2) is 4.98 Å². The number of hydrogen-bond acceptors (Lipinski definition) is 8. The van der Waals surface area contributed by atoms with Gasteiger partial charge in [-0.2, -0.15) is 0 Å². The predicted octanol–water partition coefficient (Wildman–Crippen LogP) is 3.36. The van der Waals surface area contributed by atoms with Gasteiger partial charge in [0.05, 0.1) is 22.7 Å². The molecule has 11 nitrogen and oxygen atoms in total. The molecule has 12 heteroatoms. The molecule has 1 fully saturated rings. The van der Waals surface area contributed by atoms with Crippen LogP contribution in [0.1, 0.15) is 34.8 Å². The Morgan fingerprint density at radius 1 is 0.955 bits per heavy atom. The summed E-state index contributed by atoms with van der Waals surface area (Å²) >= 11 is 5.90. The van der Waals surface area contributed by atoms with E-state index in [0.717, 1.165) is 4.57 Å². The second-order valence-corrected chi connectivity index (χ2v) is 10.9. The molecule has 0 spiro atoms. The van der Waals surface area contributed by atoms with Crippen LogP contribution < -0.4 is 15.0 Å². The Balaban J connectivity index is 1.45. The molecular formula is C32H31ClN4O7. The van der Waals surface area contributed by atoms with Gasteiger partial charge in [-0.05, 0) is 68.4 Å². The summed E-state index contributed by atoms with van der Waals surface area (Å²) in [6.07, 6.45) is -0.286. The molecule has 5 rings (SSSR count). The Morgan fingerprint density at radius 2 is 1.64 bits per heavy atom. The van der Waals surface area contributed by atoms with E-state index in [9.17, 15) is 24.3 Å². The van der Waals surface area contributed by atoms with E-state index in [4.69, 9.17) is 21.1 Å². The number of ketones is 1. The topological polar surface area (TPSA) is 131 Å². The molecule has 3 aromatic carbocycles. The minimum Gasteiger partial charge on any atom is -0.489 e. The number of halogens is 1. The quantitative estimate of drug-likeness (QED) is 0.283. The Hall–Kier alpha value is -4.74. The molecule has 1 aliphatic heterocycles. The lowest BCUT2D eigenvalue weighted by Crippen LogP contribution is -2.52. The number of aliphatic hydroxyl groups excluding tert-OH is 1. The van der Waals surface area contributed by atoms with Gasteiger partial charge in [0.25, 0.3) is 17.4 Å². The third kappa shape index (κ3) is 6.58. The number of Topliss-reactive ketones (excluding diaryl/α,β-unsaturated/α-hetero) is 1. The lowest BCUT2D eigenvalue weighted by Gasteiger charge is -2.34. The second-order valence-electron chi connectivity index (χ2n) is 10.4. The highest BCUT2D eigenvalue weighted by atomic mass is 35.5. The normalized spacial score (nSPS) is 13.3. The zero-order valence-electron chi connectivity index (χ0n) is 24.2. The molecule has 1 aliphatic rings. The number of carbonyl (C=O) groups is 3. The van der Waals surface area contributed by atoms with Gasteiger partial charge in [0.1, 0.15) is 18.1 Å². The number of carbonyl (C=O) groups excluding carboxylic acids is 3. The van der Waals surface area contributed by atoms with E-state index < -0.39 is 23.9 Å². The number of hydrogen-bond donors (Lipinski definition) is 1. The molecule has 1 aromatic heterocycles. The summed E-state index contributed by atoms with van der Waals surface area (Å²) in [6.45, 7) is 3.65. The SMILES string of the molecule is CC(C)Oc1ccc(C(=O)CO)cc1-n1c(C(=O)N2CCN(C(=O)COc3ccc(Cl)cc3)CC2)nc2ccccc2c1=O. The Kier molecular flexibility index (Phi) is 9.26. The summed E-state index contributed by atoms with van der Waals surface area (Å²) in [4.78, 5) is 60.9. The maximum atomic E-state index is 14.0. The van der Waals surface area contributed by atoms with E-state index >= 15 is 0 Å². The van der Waals surface area contributed by atoms with Gasteiger partial charge in [0, 0.05) is 36.8 Å². The maximum Gasteiger partial charge on any atom is 0.290 e. The molecule has 2 amide bonds. The average Bonchev–Trinajstić information content (AvgIpc) is 3.03. The van der Waals surface area contributed by atoms with Crippen molar-refractivity contribution in [2.24, 2.45) is 0 Å². The Bertz CT molecular complexity index is 1760. The molecule has 44 heavy (non-hydrogen) atoms. The molecule has 228 valence electrons. The third-order valence-corrected chi connectivity index (χ3v) is 7.34. The molecule has 0 aliphatic carbocycles. The molecule has 2 heterocycles. The number of rotatable bonds is 9. The predicted molar refractivity (Wildman–Crippen MR) is 164 cm³/mol. The van der Waals surface area contributed by atoms with Crippen molar-refractivity contribution in [1.29, 1.82) is 0 Å². The summed E-state index contributed by atoms with van der Waals surface area (Å²) in [7, 11) is 0.